The molecule has 0 aromatic carbocycles. The van der Waals surface area contributed by atoms with Gasteiger partial charge in [0.2, 0.25) is 0 Å². The minimum Gasteiger partial charge on any atom is -0.481 e. The van der Waals surface area contributed by atoms with Crippen LogP contribution in [-0.4, -0.2) is 25.7 Å². The highest BCUT2D eigenvalue weighted by Gasteiger charge is 2.07. The topological polar surface area (TPSA) is 93.5 Å². The van der Waals surface area contributed by atoms with Gasteiger partial charge in [-0.25, -0.2) is 9.50 Å². The van der Waals surface area contributed by atoms with E-state index < -0.39 is 5.97 Å². The van der Waals surface area contributed by atoms with Gasteiger partial charge >= 0.3 is 5.97 Å². The number of nitrogen functional groups attached to an aromatic ring is 1. The molecule has 2 heterocycles. The molecule has 0 amide bonds. The lowest BCUT2D eigenvalue weighted by Gasteiger charge is -2.02. The number of carboxylic acids is 1. The summed E-state index contributed by atoms with van der Waals surface area (Å²) < 4.78 is 1.49. The van der Waals surface area contributed by atoms with E-state index >= 15 is 0 Å². The third kappa shape index (κ3) is 1.37. The monoisotopic (exact) mass is 192 g/mol. The Bertz CT molecular complexity index is 491. The lowest BCUT2D eigenvalue weighted by atomic mass is 10.2. The molecule has 0 fully saturated rings. The molecule has 6 nitrogen and oxygen atoms in total. The molecule has 0 saturated carbocycles. The van der Waals surface area contributed by atoms with Gasteiger partial charge in [0, 0.05) is 17.8 Å². The third-order valence-electron chi connectivity index (χ3n) is 1.83. The minimum atomic E-state index is -0.940. The summed E-state index contributed by atoms with van der Waals surface area (Å²) in [5.74, 6) is -0.703. The number of aromatic nitrogens is 3. The number of hydrogen-bond acceptors (Lipinski definition) is 4. The van der Waals surface area contributed by atoms with Gasteiger partial charge in [-0.2, -0.15) is 5.10 Å². The van der Waals surface area contributed by atoms with E-state index in [1.165, 1.54) is 4.52 Å². The van der Waals surface area contributed by atoms with Crippen molar-refractivity contribution in [2.75, 3.05) is 5.73 Å². The molecule has 2 aromatic rings. The van der Waals surface area contributed by atoms with Gasteiger partial charge in [-0.15, -0.1) is 0 Å². The number of carbonyl (C=O) groups is 1. The molecule has 0 unspecified atom stereocenters. The van der Waals surface area contributed by atoms with Crippen molar-refractivity contribution in [2.24, 2.45) is 0 Å². The van der Waals surface area contributed by atoms with E-state index in [0.717, 1.165) is 0 Å². The third-order valence-corrected chi connectivity index (χ3v) is 1.83. The van der Waals surface area contributed by atoms with Crippen LogP contribution in [0, 0.1) is 0 Å². The van der Waals surface area contributed by atoms with Crippen LogP contribution in [0.25, 0.3) is 5.65 Å². The fraction of sp³-hybridized carbons (Fsp3) is 0.125. The van der Waals surface area contributed by atoms with Crippen LogP contribution in [-0.2, 0) is 11.2 Å². The highest BCUT2D eigenvalue weighted by Crippen LogP contribution is 2.10. The van der Waals surface area contributed by atoms with Crippen LogP contribution in [0.15, 0.2) is 18.5 Å². The Hall–Kier alpha value is -2.11. The van der Waals surface area contributed by atoms with Crippen LogP contribution < -0.4 is 5.73 Å². The summed E-state index contributed by atoms with van der Waals surface area (Å²) in [6.07, 6.45) is 3.01. The van der Waals surface area contributed by atoms with Crippen molar-refractivity contribution in [2.45, 2.75) is 6.42 Å². The molecule has 72 valence electrons. The molecular weight excluding hydrogens is 184 g/mol. The molecule has 2 rings (SSSR count). The summed E-state index contributed by atoms with van der Waals surface area (Å²) in [7, 11) is 0. The average molecular weight is 192 g/mol. The largest absolute Gasteiger partial charge is 0.481 e. The maximum atomic E-state index is 10.5. The zero-order valence-corrected chi connectivity index (χ0v) is 7.21. The lowest BCUT2D eigenvalue weighted by Crippen LogP contribution is -2.07. The molecule has 0 radical (unpaired) electrons. The molecule has 14 heavy (non-hydrogen) atoms. The second-order valence-electron chi connectivity index (χ2n) is 2.86. The van der Waals surface area contributed by atoms with Crippen molar-refractivity contribution in [3.05, 3.63) is 24.0 Å². The van der Waals surface area contributed by atoms with E-state index in [2.05, 4.69) is 10.1 Å². The molecule has 0 aliphatic heterocycles. The van der Waals surface area contributed by atoms with Gasteiger partial charge in [0.15, 0.2) is 5.65 Å². The van der Waals surface area contributed by atoms with Crippen LogP contribution >= 0.6 is 0 Å². The van der Waals surface area contributed by atoms with Crippen molar-refractivity contribution < 1.29 is 9.90 Å². The van der Waals surface area contributed by atoms with Crippen molar-refractivity contribution in [1.82, 2.24) is 14.6 Å². The number of anilines is 1. The van der Waals surface area contributed by atoms with Gasteiger partial charge in [-0.3, -0.25) is 4.79 Å². The Balaban J connectivity index is 2.53. The first-order valence-corrected chi connectivity index (χ1v) is 3.97. The Kier molecular flexibility index (Phi) is 1.81. The fourth-order valence-corrected chi connectivity index (χ4v) is 1.20. The number of carboxylic acid groups (broad SMARTS) is 1. The highest BCUT2D eigenvalue weighted by atomic mass is 16.4. The Morgan fingerprint density at radius 3 is 3.14 bits per heavy atom. The molecular formula is C8H8N4O2. The van der Waals surface area contributed by atoms with Crippen LogP contribution in [0.3, 0.4) is 0 Å². The summed E-state index contributed by atoms with van der Waals surface area (Å²) in [4.78, 5) is 14.5. The maximum Gasteiger partial charge on any atom is 0.308 e. The van der Waals surface area contributed by atoms with E-state index in [-0.39, 0.29) is 12.2 Å². The van der Waals surface area contributed by atoms with Gasteiger partial charge in [0.25, 0.3) is 0 Å². The van der Waals surface area contributed by atoms with E-state index in [1.807, 2.05) is 0 Å². The summed E-state index contributed by atoms with van der Waals surface area (Å²) in [6.45, 7) is 0. The Morgan fingerprint density at radius 1 is 1.64 bits per heavy atom. The summed E-state index contributed by atoms with van der Waals surface area (Å²) in [6, 6.07) is 1.70. The van der Waals surface area contributed by atoms with Crippen LogP contribution in [0.2, 0.25) is 0 Å². The Labute approximate surface area is 79.0 Å². The van der Waals surface area contributed by atoms with E-state index in [0.29, 0.717) is 11.2 Å². The summed E-state index contributed by atoms with van der Waals surface area (Å²) >= 11 is 0. The van der Waals surface area contributed by atoms with Crippen LogP contribution in [0.1, 0.15) is 5.56 Å². The molecule has 2 aromatic heterocycles. The number of fused-ring (bicyclic) bond motifs is 1. The maximum absolute atomic E-state index is 10.5. The molecule has 0 spiro atoms. The predicted octanol–water partition coefficient (Wildman–Crippen LogP) is -0.0614. The van der Waals surface area contributed by atoms with Gasteiger partial charge in [0.1, 0.15) is 5.82 Å². The number of nitrogens with zero attached hydrogens (tertiary/aromatic N) is 3. The van der Waals surface area contributed by atoms with Crippen molar-refractivity contribution in [3.63, 3.8) is 0 Å². The second-order valence-corrected chi connectivity index (χ2v) is 2.86. The normalized spacial score (nSPS) is 10.6. The standard InChI is InChI=1S/C8H8N4O2/c9-8-5(3-7(13)14)4-12-6(11-8)1-2-10-12/h1-2,4H,3H2,(H2,9,11)(H,13,14). The highest BCUT2D eigenvalue weighted by molar-refractivity contribution is 5.72. The van der Waals surface area contributed by atoms with Crippen LogP contribution in [0.4, 0.5) is 5.82 Å². The average Bonchev–Trinajstić information content (AvgIpc) is 2.51. The first kappa shape index (κ1) is 8.49. The second kappa shape index (κ2) is 2.99. The molecule has 0 atom stereocenters. The smallest absolute Gasteiger partial charge is 0.308 e. The van der Waals surface area contributed by atoms with Crippen LogP contribution in [0.5, 0.6) is 0 Å². The van der Waals surface area contributed by atoms with E-state index in [4.69, 9.17) is 10.8 Å². The number of nitrogens with two attached hydrogens (primary N) is 1. The molecule has 0 saturated heterocycles. The van der Waals surface area contributed by atoms with Gasteiger partial charge < -0.3 is 10.8 Å². The number of aliphatic carboxylic acids is 1. The van der Waals surface area contributed by atoms with Gasteiger partial charge in [0.05, 0.1) is 12.6 Å². The predicted molar refractivity (Wildman–Crippen MR) is 48.7 cm³/mol. The summed E-state index contributed by atoms with van der Waals surface area (Å²) in [5.41, 5.74) is 6.65. The minimum absolute atomic E-state index is 0.144. The fourth-order valence-electron chi connectivity index (χ4n) is 1.20. The molecule has 3 N–H and O–H groups in total. The molecule has 0 aliphatic rings. The van der Waals surface area contributed by atoms with E-state index in [1.54, 1.807) is 18.5 Å². The zero-order chi connectivity index (χ0) is 10.1. The van der Waals surface area contributed by atoms with Crippen molar-refractivity contribution in [3.8, 4) is 0 Å². The quantitative estimate of drug-likeness (QED) is 0.695. The molecule has 0 aliphatic carbocycles. The van der Waals surface area contributed by atoms with Gasteiger partial charge in [-0.1, -0.05) is 0 Å². The lowest BCUT2D eigenvalue weighted by molar-refractivity contribution is -0.136. The number of hydrogen-bond donors (Lipinski definition) is 2. The molecule has 6 heteroatoms. The summed E-state index contributed by atoms with van der Waals surface area (Å²) in [5, 5.41) is 12.5. The number of rotatable bonds is 2. The van der Waals surface area contributed by atoms with Gasteiger partial charge in [-0.05, 0) is 0 Å². The SMILES string of the molecule is Nc1nc2ccnn2cc1CC(=O)O. The Morgan fingerprint density at radius 2 is 2.43 bits per heavy atom. The first-order chi connectivity index (χ1) is 6.66. The molecule has 0 bridgehead atoms. The zero-order valence-electron chi connectivity index (χ0n) is 7.21. The van der Waals surface area contributed by atoms with Crippen molar-refractivity contribution in [1.29, 1.82) is 0 Å². The van der Waals surface area contributed by atoms with Crippen molar-refractivity contribution >= 4 is 17.4 Å². The first-order valence-electron chi connectivity index (χ1n) is 3.97. The van der Waals surface area contributed by atoms with E-state index in [9.17, 15) is 4.79 Å².